The van der Waals surface area contributed by atoms with Gasteiger partial charge in [0.1, 0.15) is 5.82 Å². The number of hydrogen-bond donors (Lipinski definition) is 1. The summed E-state index contributed by atoms with van der Waals surface area (Å²) in [4.78, 5) is 0. The lowest BCUT2D eigenvalue weighted by Gasteiger charge is -2.03. The van der Waals surface area contributed by atoms with Crippen LogP contribution in [0.15, 0.2) is 12.1 Å². The van der Waals surface area contributed by atoms with Crippen LogP contribution < -0.4 is 5.73 Å². The quantitative estimate of drug-likeness (QED) is 0.769. The third-order valence-corrected chi connectivity index (χ3v) is 1.95. The largest absolute Gasteiger partial charge is 0.382 e. The van der Waals surface area contributed by atoms with Gasteiger partial charge < -0.3 is 5.73 Å². The molecule has 0 aliphatic carbocycles. The van der Waals surface area contributed by atoms with E-state index < -0.39 is 0 Å². The van der Waals surface area contributed by atoms with Gasteiger partial charge in [0.2, 0.25) is 0 Å². The summed E-state index contributed by atoms with van der Waals surface area (Å²) in [6.45, 7) is 4.46. The molecule has 0 aliphatic heterocycles. The average molecular weight is 179 g/mol. The zero-order valence-corrected chi connectivity index (χ0v) is 8.33. The molecule has 0 aliphatic rings. The van der Waals surface area contributed by atoms with Crippen LogP contribution in [0.25, 0.3) is 0 Å². The molecule has 1 heterocycles. The molecule has 0 fully saturated rings. The van der Waals surface area contributed by atoms with Crippen molar-refractivity contribution in [1.29, 1.82) is 0 Å². The minimum atomic E-state index is 0.493. The first-order valence-electron chi connectivity index (χ1n) is 4.76. The maximum atomic E-state index is 5.43. The van der Waals surface area contributed by atoms with Crippen molar-refractivity contribution in [3.05, 3.63) is 17.8 Å². The van der Waals surface area contributed by atoms with Crippen LogP contribution in [-0.4, -0.2) is 10.2 Å². The Morgan fingerprint density at radius 1 is 1.31 bits per heavy atom. The molecule has 1 aromatic heterocycles. The molecule has 0 unspecified atom stereocenters. The van der Waals surface area contributed by atoms with E-state index in [-0.39, 0.29) is 0 Å². The van der Waals surface area contributed by atoms with Gasteiger partial charge in [0.15, 0.2) is 0 Å². The molecule has 0 spiro atoms. The van der Waals surface area contributed by atoms with E-state index in [1.165, 1.54) is 12.8 Å². The van der Waals surface area contributed by atoms with Gasteiger partial charge in [-0.05, 0) is 30.9 Å². The molecule has 3 heteroatoms. The van der Waals surface area contributed by atoms with Gasteiger partial charge in [0.25, 0.3) is 0 Å². The predicted octanol–water partition coefficient (Wildman–Crippen LogP) is 2.04. The Balaban J connectivity index is 2.33. The van der Waals surface area contributed by atoms with Gasteiger partial charge >= 0.3 is 0 Å². The van der Waals surface area contributed by atoms with Crippen molar-refractivity contribution >= 4 is 5.82 Å². The molecule has 0 saturated carbocycles. The number of aromatic nitrogens is 2. The lowest BCUT2D eigenvalue weighted by atomic mass is 10.1. The first kappa shape index (κ1) is 9.96. The first-order valence-corrected chi connectivity index (χ1v) is 4.76. The van der Waals surface area contributed by atoms with Gasteiger partial charge in [-0.1, -0.05) is 20.3 Å². The second-order valence-electron chi connectivity index (χ2n) is 3.74. The fourth-order valence-corrected chi connectivity index (χ4v) is 1.19. The molecule has 0 aromatic carbocycles. The Hall–Kier alpha value is -1.12. The fraction of sp³-hybridized carbons (Fsp3) is 0.600. The molecule has 72 valence electrons. The van der Waals surface area contributed by atoms with Crippen LogP contribution in [0.3, 0.4) is 0 Å². The molecular weight excluding hydrogens is 162 g/mol. The Bertz CT molecular complexity index is 241. The van der Waals surface area contributed by atoms with Crippen LogP contribution in [0, 0.1) is 5.92 Å². The number of nitrogens with zero attached hydrogens (tertiary/aromatic N) is 2. The summed E-state index contributed by atoms with van der Waals surface area (Å²) in [6, 6.07) is 3.75. The van der Waals surface area contributed by atoms with Crippen LogP contribution in [0.4, 0.5) is 5.82 Å². The maximum Gasteiger partial charge on any atom is 0.146 e. The first-order chi connectivity index (χ1) is 6.18. The van der Waals surface area contributed by atoms with Gasteiger partial charge in [-0.3, -0.25) is 0 Å². The molecular formula is C10H17N3. The standard InChI is InChI=1S/C10H17N3/c1-8(2)4-3-5-9-6-7-10(11)13-12-9/h6-8H,3-5H2,1-2H3,(H2,11,13). The van der Waals surface area contributed by atoms with E-state index in [2.05, 4.69) is 24.0 Å². The third kappa shape index (κ3) is 3.87. The van der Waals surface area contributed by atoms with Crippen LogP contribution in [-0.2, 0) is 6.42 Å². The molecule has 1 rings (SSSR count). The summed E-state index contributed by atoms with van der Waals surface area (Å²) in [5, 5.41) is 7.80. The highest BCUT2D eigenvalue weighted by atomic mass is 15.1. The minimum absolute atomic E-state index is 0.493. The average Bonchev–Trinajstić information content (AvgIpc) is 2.08. The predicted molar refractivity (Wildman–Crippen MR) is 54.2 cm³/mol. The number of nitrogens with two attached hydrogens (primary N) is 1. The summed E-state index contributed by atoms with van der Waals surface area (Å²) in [6.07, 6.45) is 3.42. The number of nitrogen functional groups attached to an aromatic ring is 1. The van der Waals surface area contributed by atoms with Gasteiger partial charge in [0, 0.05) is 0 Å². The van der Waals surface area contributed by atoms with Crippen molar-refractivity contribution in [2.45, 2.75) is 33.1 Å². The Morgan fingerprint density at radius 2 is 2.08 bits per heavy atom. The smallest absolute Gasteiger partial charge is 0.146 e. The van der Waals surface area contributed by atoms with Crippen LogP contribution >= 0.6 is 0 Å². The number of hydrogen-bond acceptors (Lipinski definition) is 3. The second kappa shape index (κ2) is 4.80. The molecule has 13 heavy (non-hydrogen) atoms. The van der Waals surface area contributed by atoms with E-state index in [0.29, 0.717) is 5.82 Å². The Morgan fingerprint density at radius 3 is 2.62 bits per heavy atom. The van der Waals surface area contributed by atoms with Crippen molar-refractivity contribution in [2.75, 3.05) is 5.73 Å². The summed E-state index contributed by atoms with van der Waals surface area (Å²) in [5.74, 6) is 1.26. The Kier molecular flexibility index (Phi) is 3.68. The number of rotatable bonds is 4. The SMILES string of the molecule is CC(C)CCCc1ccc(N)nn1. The van der Waals surface area contributed by atoms with Gasteiger partial charge in [-0.2, -0.15) is 5.10 Å². The van der Waals surface area contributed by atoms with Crippen molar-refractivity contribution in [3.8, 4) is 0 Å². The summed E-state index contributed by atoms with van der Waals surface area (Å²) in [7, 11) is 0. The van der Waals surface area contributed by atoms with E-state index in [1.807, 2.05) is 6.07 Å². The number of aryl methyl sites for hydroxylation is 1. The van der Waals surface area contributed by atoms with E-state index in [9.17, 15) is 0 Å². The molecule has 0 bridgehead atoms. The highest BCUT2D eigenvalue weighted by molar-refractivity contribution is 5.25. The monoisotopic (exact) mass is 179 g/mol. The van der Waals surface area contributed by atoms with Gasteiger partial charge in [-0.25, -0.2) is 0 Å². The van der Waals surface area contributed by atoms with Gasteiger partial charge in [-0.15, -0.1) is 5.10 Å². The van der Waals surface area contributed by atoms with E-state index in [4.69, 9.17) is 5.73 Å². The van der Waals surface area contributed by atoms with Crippen LogP contribution in [0.2, 0.25) is 0 Å². The Labute approximate surface area is 79.4 Å². The van der Waals surface area contributed by atoms with Crippen molar-refractivity contribution in [3.63, 3.8) is 0 Å². The highest BCUT2D eigenvalue weighted by Gasteiger charge is 1.97. The van der Waals surface area contributed by atoms with Crippen LogP contribution in [0.5, 0.6) is 0 Å². The minimum Gasteiger partial charge on any atom is -0.382 e. The van der Waals surface area contributed by atoms with E-state index in [0.717, 1.165) is 18.0 Å². The molecule has 3 nitrogen and oxygen atoms in total. The van der Waals surface area contributed by atoms with E-state index >= 15 is 0 Å². The molecule has 0 amide bonds. The summed E-state index contributed by atoms with van der Waals surface area (Å²) < 4.78 is 0. The fourth-order valence-electron chi connectivity index (χ4n) is 1.19. The van der Waals surface area contributed by atoms with Gasteiger partial charge in [0.05, 0.1) is 5.69 Å². The lowest BCUT2D eigenvalue weighted by Crippen LogP contribution is -1.98. The highest BCUT2D eigenvalue weighted by Crippen LogP contribution is 2.07. The third-order valence-electron chi connectivity index (χ3n) is 1.95. The molecule has 0 atom stereocenters. The molecule has 1 aromatic rings. The van der Waals surface area contributed by atoms with Crippen molar-refractivity contribution in [2.24, 2.45) is 5.92 Å². The van der Waals surface area contributed by atoms with Crippen LogP contribution in [0.1, 0.15) is 32.4 Å². The zero-order chi connectivity index (χ0) is 9.68. The second-order valence-corrected chi connectivity index (χ2v) is 3.74. The van der Waals surface area contributed by atoms with Crippen molar-refractivity contribution in [1.82, 2.24) is 10.2 Å². The summed E-state index contributed by atoms with van der Waals surface area (Å²) >= 11 is 0. The zero-order valence-electron chi connectivity index (χ0n) is 8.33. The molecule has 0 radical (unpaired) electrons. The van der Waals surface area contributed by atoms with Crippen molar-refractivity contribution < 1.29 is 0 Å². The topological polar surface area (TPSA) is 51.8 Å². The summed E-state index contributed by atoms with van der Waals surface area (Å²) in [5.41, 5.74) is 6.47. The maximum absolute atomic E-state index is 5.43. The number of anilines is 1. The van der Waals surface area contributed by atoms with E-state index in [1.54, 1.807) is 6.07 Å². The molecule has 2 N–H and O–H groups in total. The normalized spacial score (nSPS) is 10.7. The lowest BCUT2D eigenvalue weighted by molar-refractivity contribution is 0.551. The molecule has 0 saturated heterocycles.